The monoisotopic (exact) mass is 254 g/mol. The van der Waals surface area contributed by atoms with Crippen molar-refractivity contribution in [2.24, 2.45) is 5.92 Å². The second-order valence-corrected chi connectivity index (χ2v) is 6.00. The molecule has 0 aromatic rings. The third-order valence-electron chi connectivity index (χ3n) is 4.63. The third-order valence-corrected chi connectivity index (χ3v) is 4.63. The third kappa shape index (κ3) is 3.69. The lowest BCUT2D eigenvalue weighted by Crippen LogP contribution is -2.46. The molecule has 18 heavy (non-hydrogen) atoms. The first-order valence-corrected chi connectivity index (χ1v) is 7.81. The first-order valence-electron chi connectivity index (χ1n) is 7.81. The molecule has 0 aromatic heterocycles. The summed E-state index contributed by atoms with van der Waals surface area (Å²) in [5.74, 6) is 0.994. The topological polar surface area (TPSA) is 24.5 Å². The number of rotatable bonds is 7. The molecular formula is C15H30N2O. The van der Waals surface area contributed by atoms with Crippen molar-refractivity contribution in [3.05, 3.63) is 0 Å². The second kappa shape index (κ2) is 7.46. The molecule has 0 amide bonds. The Hall–Kier alpha value is -0.120. The predicted molar refractivity (Wildman–Crippen MR) is 75.9 cm³/mol. The first kappa shape index (κ1) is 14.3. The summed E-state index contributed by atoms with van der Waals surface area (Å²) in [5.41, 5.74) is 0. The molecule has 0 aromatic carbocycles. The molecule has 2 rings (SSSR count). The van der Waals surface area contributed by atoms with Gasteiger partial charge in [0.1, 0.15) is 0 Å². The van der Waals surface area contributed by atoms with E-state index in [9.17, 15) is 0 Å². The molecule has 3 nitrogen and oxygen atoms in total. The number of likely N-dealkylation sites (tertiary alicyclic amines) is 1. The van der Waals surface area contributed by atoms with Gasteiger partial charge in [-0.3, -0.25) is 4.90 Å². The lowest BCUT2D eigenvalue weighted by Gasteiger charge is -2.34. The number of fused-ring (bicyclic) bond motifs is 1. The van der Waals surface area contributed by atoms with Gasteiger partial charge >= 0.3 is 0 Å². The van der Waals surface area contributed by atoms with Crippen molar-refractivity contribution in [2.45, 2.75) is 57.5 Å². The maximum atomic E-state index is 5.36. The van der Waals surface area contributed by atoms with Crippen LogP contribution in [0.5, 0.6) is 0 Å². The summed E-state index contributed by atoms with van der Waals surface area (Å²) < 4.78 is 5.36. The Balaban J connectivity index is 1.82. The fourth-order valence-electron chi connectivity index (χ4n) is 3.74. The van der Waals surface area contributed by atoms with Gasteiger partial charge in [-0.05, 0) is 44.7 Å². The maximum Gasteiger partial charge on any atom is 0.0628 e. The van der Waals surface area contributed by atoms with Gasteiger partial charge in [-0.2, -0.15) is 0 Å². The zero-order valence-corrected chi connectivity index (χ0v) is 12.2. The summed E-state index contributed by atoms with van der Waals surface area (Å²) in [4.78, 5) is 2.73. The van der Waals surface area contributed by atoms with Gasteiger partial charge in [0.25, 0.3) is 0 Å². The van der Waals surface area contributed by atoms with Gasteiger partial charge in [-0.15, -0.1) is 0 Å². The number of hydrogen-bond acceptors (Lipinski definition) is 3. The van der Waals surface area contributed by atoms with Gasteiger partial charge < -0.3 is 10.1 Å². The summed E-state index contributed by atoms with van der Waals surface area (Å²) in [5, 5.41) is 3.63. The predicted octanol–water partition coefficient (Wildman–Crippen LogP) is 2.27. The molecule has 0 bridgehead atoms. The Morgan fingerprint density at radius 2 is 2.11 bits per heavy atom. The van der Waals surface area contributed by atoms with Crippen LogP contribution in [0.2, 0.25) is 0 Å². The largest absolute Gasteiger partial charge is 0.383 e. The van der Waals surface area contributed by atoms with E-state index in [1.54, 1.807) is 0 Å². The van der Waals surface area contributed by atoms with E-state index in [0.717, 1.165) is 25.1 Å². The van der Waals surface area contributed by atoms with Crippen LogP contribution in [-0.4, -0.2) is 50.3 Å². The van der Waals surface area contributed by atoms with Crippen LogP contribution < -0.4 is 5.32 Å². The van der Waals surface area contributed by atoms with Gasteiger partial charge in [0.15, 0.2) is 0 Å². The molecule has 3 heteroatoms. The van der Waals surface area contributed by atoms with Crippen LogP contribution in [0.1, 0.15) is 45.4 Å². The normalized spacial score (nSPS) is 30.3. The Bertz CT molecular complexity index is 235. The van der Waals surface area contributed by atoms with Crippen molar-refractivity contribution in [2.75, 3.05) is 33.4 Å². The van der Waals surface area contributed by atoms with E-state index in [0.29, 0.717) is 6.04 Å². The SMILES string of the molecule is CCCNC(COC)CN1CCC2CCCCC21. The van der Waals surface area contributed by atoms with Crippen molar-refractivity contribution in [3.8, 4) is 0 Å². The van der Waals surface area contributed by atoms with E-state index in [-0.39, 0.29) is 0 Å². The highest BCUT2D eigenvalue weighted by Crippen LogP contribution is 2.35. The smallest absolute Gasteiger partial charge is 0.0628 e. The first-order chi connectivity index (χ1) is 8.85. The molecule has 0 spiro atoms. The lowest BCUT2D eigenvalue weighted by molar-refractivity contribution is 0.118. The zero-order valence-electron chi connectivity index (χ0n) is 12.2. The van der Waals surface area contributed by atoms with Gasteiger partial charge in [0, 0.05) is 25.7 Å². The molecule has 2 aliphatic rings. The highest BCUT2D eigenvalue weighted by atomic mass is 16.5. The van der Waals surface area contributed by atoms with Crippen molar-refractivity contribution < 1.29 is 4.74 Å². The molecule has 1 aliphatic carbocycles. The van der Waals surface area contributed by atoms with Crippen LogP contribution >= 0.6 is 0 Å². The fourth-order valence-corrected chi connectivity index (χ4v) is 3.74. The summed E-state index contributed by atoms with van der Waals surface area (Å²) in [6.07, 6.45) is 8.43. The van der Waals surface area contributed by atoms with E-state index in [2.05, 4.69) is 17.1 Å². The minimum absolute atomic E-state index is 0.510. The molecule has 1 saturated carbocycles. The molecule has 3 unspecified atom stereocenters. The van der Waals surface area contributed by atoms with Crippen molar-refractivity contribution in [1.29, 1.82) is 0 Å². The van der Waals surface area contributed by atoms with Crippen LogP contribution in [0.25, 0.3) is 0 Å². The van der Waals surface area contributed by atoms with E-state index < -0.39 is 0 Å². The average Bonchev–Trinajstić information content (AvgIpc) is 2.80. The number of methoxy groups -OCH3 is 1. The molecule has 1 heterocycles. The molecule has 1 N–H and O–H groups in total. The summed E-state index contributed by atoms with van der Waals surface area (Å²) >= 11 is 0. The van der Waals surface area contributed by atoms with Crippen LogP contribution in [0, 0.1) is 5.92 Å². The van der Waals surface area contributed by atoms with Gasteiger partial charge in [-0.1, -0.05) is 19.8 Å². The number of nitrogens with zero attached hydrogens (tertiary/aromatic N) is 1. The number of hydrogen-bond donors (Lipinski definition) is 1. The Morgan fingerprint density at radius 3 is 2.89 bits per heavy atom. The second-order valence-electron chi connectivity index (χ2n) is 6.00. The molecule has 0 radical (unpaired) electrons. The van der Waals surface area contributed by atoms with Crippen LogP contribution in [0.4, 0.5) is 0 Å². The van der Waals surface area contributed by atoms with Crippen LogP contribution in [0.3, 0.4) is 0 Å². The molecular weight excluding hydrogens is 224 g/mol. The lowest BCUT2D eigenvalue weighted by atomic mass is 9.85. The molecule has 2 fully saturated rings. The highest BCUT2D eigenvalue weighted by Gasteiger charge is 2.36. The fraction of sp³-hybridized carbons (Fsp3) is 1.00. The Labute approximate surface area is 112 Å². The van der Waals surface area contributed by atoms with Crippen molar-refractivity contribution in [1.82, 2.24) is 10.2 Å². The van der Waals surface area contributed by atoms with Gasteiger partial charge in [0.2, 0.25) is 0 Å². The van der Waals surface area contributed by atoms with E-state index in [1.807, 2.05) is 7.11 Å². The van der Waals surface area contributed by atoms with Crippen LogP contribution in [0.15, 0.2) is 0 Å². The molecule has 3 atom stereocenters. The van der Waals surface area contributed by atoms with Crippen LogP contribution in [-0.2, 0) is 4.74 Å². The molecule has 106 valence electrons. The summed E-state index contributed by atoms with van der Waals surface area (Å²) in [6, 6.07) is 1.39. The quantitative estimate of drug-likeness (QED) is 0.754. The maximum absolute atomic E-state index is 5.36. The highest BCUT2D eigenvalue weighted by molar-refractivity contribution is 4.91. The minimum atomic E-state index is 0.510. The summed E-state index contributed by atoms with van der Waals surface area (Å²) in [6.45, 7) is 6.66. The Morgan fingerprint density at radius 1 is 1.28 bits per heavy atom. The van der Waals surface area contributed by atoms with Crippen molar-refractivity contribution >= 4 is 0 Å². The van der Waals surface area contributed by atoms with E-state index in [1.165, 1.54) is 51.6 Å². The minimum Gasteiger partial charge on any atom is -0.383 e. The molecule has 1 saturated heterocycles. The Kier molecular flexibility index (Phi) is 5.93. The zero-order chi connectivity index (χ0) is 12.8. The van der Waals surface area contributed by atoms with E-state index >= 15 is 0 Å². The van der Waals surface area contributed by atoms with E-state index in [4.69, 9.17) is 4.74 Å². The molecule has 1 aliphatic heterocycles. The number of ether oxygens (including phenoxy) is 1. The number of nitrogens with one attached hydrogen (secondary N) is 1. The summed E-state index contributed by atoms with van der Waals surface area (Å²) in [7, 11) is 1.81. The standard InChI is InChI=1S/C15H30N2O/c1-3-9-16-14(12-18-2)11-17-10-8-13-6-4-5-7-15(13)17/h13-16H,3-12H2,1-2H3. The van der Waals surface area contributed by atoms with Crippen molar-refractivity contribution in [3.63, 3.8) is 0 Å². The average molecular weight is 254 g/mol. The van der Waals surface area contributed by atoms with Gasteiger partial charge in [0.05, 0.1) is 6.61 Å². The van der Waals surface area contributed by atoms with Gasteiger partial charge in [-0.25, -0.2) is 0 Å².